The Morgan fingerprint density at radius 1 is 1.47 bits per heavy atom. The van der Waals surface area contributed by atoms with Crippen molar-refractivity contribution in [1.29, 1.82) is 0 Å². The van der Waals surface area contributed by atoms with E-state index < -0.39 is 33.8 Å². The van der Waals surface area contributed by atoms with E-state index in [0.29, 0.717) is 6.42 Å². The number of hydrogen-bond donors (Lipinski definition) is 1. The molecule has 17 heavy (non-hydrogen) atoms. The topological polar surface area (TPSA) is 101 Å². The maximum Gasteiger partial charge on any atom is 0.322 e. The first-order chi connectivity index (χ1) is 7.88. The summed E-state index contributed by atoms with van der Waals surface area (Å²) < 4.78 is 29.0. The molecule has 0 bridgehead atoms. The van der Waals surface area contributed by atoms with Gasteiger partial charge in [-0.05, 0) is 19.8 Å². The molecule has 0 unspecified atom stereocenters. The SMILES string of the molecule is CCOC(=O)CS(=O)(=O)N1CCC[C@@H]1C(=O)O. The predicted octanol–water partition coefficient (Wildman–Crippen LogP) is -0.572. The molecule has 0 aromatic heterocycles. The molecule has 0 spiro atoms. The third kappa shape index (κ3) is 3.40. The van der Waals surface area contributed by atoms with Gasteiger partial charge in [0.05, 0.1) is 6.61 Å². The van der Waals surface area contributed by atoms with Crippen LogP contribution < -0.4 is 0 Å². The molecule has 98 valence electrons. The van der Waals surface area contributed by atoms with Crippen LogP contribution >= 0.6 is 0 Å². The normalized spacial score (nSPS) is 21.4. The van der Waals surface area contributed by atoms with Crippen LogP contribution in [0.4, 0.5) is 0 Å². The van der Waals surface area contributed by atoms with Gasteiger partial charge in [-0.3, -0.25) is 9.59 Å². The maximum absolute atomic E-state index is 11.8. The fraction of sp³-hybridized carbons (Fsp3) is 0.778. The van der Waals surface area contributed by atoms with Crippen molar-refractivity contribution in [2.75, 3.05) is 18.9 Å². The van der Waals surface area contributed by atoms with Crippen LogP contribution in [0.25, 0.3) is 0 Å². The number of sulfonamides is 1. The molecule has 1 fully saturated rings. The number of nitrogens with zero attached hydrogens (tertiary/aromatic N) is 1. The molecule has 7 nitrogen and oxygen atoms in total. The molecule has 1 saturated heterocycles. The Kier molecular flexibility index (Phi) is 4.47. The second-order valence-electron chi connectivity index (χ2n) is 3.67. The average Bonchev–Trinajstić information content (AvgIpc) is 2.65. The summed E-state index contributed by atoms with van der Waals surface area (Å²) in [5, 5.41) is 8.86. The van der Waals surface area contributed by atoms with Crippen molar-refractivity contribution in [1.82, 2.24) is 4.31 Å². The van der Waals surface area contributed by atoms with E-state index in [2.05, 4.69) is 4.74 Å². The van der Waals surface area contributed by atoms with Crippen molar-refractivity contribution < 1.29 is 27.9 Å². The highest BCUT2D eigenvalue weighted by molar-refractivity contribution is 7.89. The Morgan fingerprint density at radius 2 is 2.12 bits per heavy atom. The fourth-order valence-corrected chi connectivity index (χ4v) is 3.29. The molecular weight excluding hydrogens is 250 g/mol. The first-order valence-corrected chi connectivity index (χ1v) is 6.87. The van der Waals surface area contributed by atoms with Gasteiger partial charge in [0, 0.05) is 6.54 Å². The molecule has 8 heteroatoms. The summed E-state index contributed by atoms with van der Waals surface area (Å²) in [5.41, 5.74) is 0. The van der Waals surface area contributed by atoms with Gasteiger partial charge in [-0.1, -0.05) is 0 Å². The zero-order valence-electron chi connectivity index (χ0n) is 9.46. The molecule has 1 atom stereocenters. The lowest BCUT2D eigenvalue weighted by Crippen LogP contribution is -2.43. The number of esters is 1. The van der Waals surface area contributed by atoms with Gasteiger partial charge in [-0.25, -0.2) is 8.42 Å². The van der Waals surface area contributed by atoms with Gasteiger partial charge in [-0.15, -0.1) is 0 Å². The van der Waals surface area contributed by atoms with Crippen molar-refractivity contribution in [3.63, 3.8) is 0 Å². The smallest absolute Gasteiger partial charge is 0.322 e. The Hall–Kier alpha value is -1.15. The molecule has 1 aliphatic heterocycles. The minimum atomic E-state index is -3.90. The highest BCUT2D eigenvalue weighted by atomic mass is 32.2. The zero-order chi connectivity index (χ0) is 13.1. The third-order valence-electron chi connectivity index (χ3n) is 2.45. The number of aliphatic carboxylic acids is 1. The summed E-state index contributed by atoms with van der Waals surface area (Å²) in [5.74, 6) is -2.84. The van der Waals surface area contributed by atoms with Crippen molar-refractivity contribution in [3.8, 4) is 0 Å². The number of carbonyl (C=O) groups is 2. The highest BCUT2D eigenvalue weighted by Gasteiger charge is 2.39. The van der Waals surface area contributed by atoms with Crippen LogP contribution in [0.5, 0.6) is 0 Å². The second kappa shape index (κ2) is 5.46. The van der Waals surface area contributed by atoms with E-state index in [1.807, 2.05) is 0 Å². The number of carboxylic acid groups (broad SMARTS) is 1. The fourth-order valence-electron chi connectivity index (χ4n) is 1.75. The molecule has 1 rings (SSSR count). The maximum atomic E-state index is 11.8. The van der Waals surface area contributed by atoms with Crippen LogP contribution in [0.2, 0.25) is 0 Å². The lowest BCUT2D eigenvalue weighted by molar-refractivity contribution is -0.142. The molecule has 0 aromatic rings. The van der Waals surface area contributed by atoms with Gasteiger partial charge < -0.3 is 9.84 Å². The predicted molar refractivity (Wildman–Crippen MR) is 57.8 cm³/mol. The van der Waals surface area contributed by atoms with E-state index >= 15 is 0 Å². The quantitative estimate of drug-likeness (QED) is 0.668. The minimum absolute atomic E-state index is 0.0940. The second-order valence-corrected chi connectivity index (χ2v) is 5.59. The molecule has 1 heterocycles. The number of carboxylic acids is 1. The number of ether oxygens (including phenoxy) is 1. The van der Waals surface area contributed by atoms with E-state index in [0.717, 1.165) is 4.31 Å². The lowest BCUT2D eigenvalue weighted by Gasteiger charge is -2.20. The number of rotatable bonds is 5. The summed E-state index contributed by atoms with van der Waals surface area (Å²) in [6.07, 6.45) is 0.760. The molecule has 0 amide bonds. The lowest BCUT2D eigenvalue weighted by atomic mass is 10.2. The van der Waals surface area contributed by atoms with Gasteiger partial charge in [0.2, 0.25) is 10.0 Å². The van der Waals surface area contributed by atoms with Crippen LogP contribution in [0.3, 0.4) is 0 Å². The molecular formula is C9H15NO6S. The third-order valence-corrected chi connectivity index (χ3v) is 4.20. The first-order valence-electron chi connectivity index (χ1n) is 5.26. The van der Waals surface area contributed by atoms with Crippen LogP contribution in [0.1, 0.15) is 19.8 Å². The monoisotopic (exact) mass is 265 g/mol. The number of hydrogen-bond acceptors (Lipinski definition) is 5. The van der Waals surface area contributed by atoms with E-state index in [9.17, 15) is 18.0 Å². The summed E-state index contributed by atoms with van der Waals surface area (Å²) in [6, 6.07) is -1.06. The Balaban J connectivity index is 2.76. The van der Waals surface area contributed by atoms with Crippen molar-refractivity contribution >= 4 is 22.0 Å². The van der Waals surface area contributed by atoms with Gasteiger partial charge >= 0.3 is 11.9 Å². The standard InChI is InChI=1S/C9H15NO6S/c1-2-16-8(11)6-17(14,15)10-5-3-4-7(10)9(12)13/h7H,2-6H2,1H3,(H,12,13)/t7-/m1/s1. The molecule has 0 aliphatic carbocycles. The summed E-state index contributed by atoms with van der Waals surface area (Å²) >= 11 is 0. The van der Waals surface area contributed by atoms with Crippen molar-refractivity contribution in [2.45, 2.75) is 25.8 Å². The van der Waals surface area contributed by atoms with Crippen LogP contribution in [0.15, 0.2) is 0 Å². The molecule has 0 radical (unpaired) electrons. The molecule has 0 saturated carbocycles. The molecule has 1 aliphatic rings. The summed E-state index contributed by atoms with van der Waals surface area (Å²) in [4.78, 5) is 22.0. The van der Waals surface area contributed by atoms with Gasteiger partial charge in [0.1, 0.15) is 6.04 Å². The van der Waals surface area contributed by atoms with Gasteiger partial charge in [0.15, 0.2) is 5.75 Å². The minimum Gasteiger partial charge on any atom is -0.480 e. The number of carbonyl (C=O) groups excluding carboxylic acids is 1. The van der Waals surface area contributed by atoms with E-state index in [1.165, 1.54) is 0 Å². The van der Waals surface area contributed by atoms with Gasteiger partial charge in [0.25, 0.3) is 0 Å². The van der Waals surface area contributed by atoms with E-state index in [-0.39, 0.29) is 19.6 Å². The molecule has 1 N–H and O–H groups in total. The van der Waals surface area contributed by atoms with E-state index in [1.54, 1.807) is 6.92 Å². The average molecular weight is 265 g/mol. The van der Waals surface area contributed by atoms with Crippen molar-refractivity contribution in [2.24, 2.45) is 0 Å². The Bertz CT molecular complexity index is 404. The van der Waals surface area contributed by atoms with Crippen LogP contribution in [0, 0.1) is 0 Å². The van der Waals surface area contributed by atoms with Crippen molar-refractivity contribution in [3.05, 3.63) is 0 Å². The van der Waals surface area contributed by atoms with Crippen LogP contribution in [-0.2, 0) is 24.3 Å². The summed E-state index contributed by atoms with van der Waals surface area (Å²) in [7, 11) is -3.90. The van der Waals surface area contributed by atoms with E-state index in [4.69, 9.17) is 5.11 Å². The molecule has 0 aromatic carbocycles. The summed E-state index contributed by atoms with van der Waals surface area (Å²) in [6.45, 7) is 1.80. The highest BCUT2D eigenvalue weighted by Crippen LogP contribution is 2.21. The Morgan fingerprint density at radius 3 is 2.65 bits per heavy atom. The zero-order valence-corrected chi connectivity index (χ0v) is 10.3. The van der Waals surface area contributed by atoms with Gasteiger partial charge in [-0.2, -0.15) is 4.31 Å². The van der Waals surface area contributed by atoms with Crippen LogP contribution in [-0.4, -0.2) is 54.7 Å². The first kappa shape index (κ1) is 13.9. The Labute approximate surface area is 99.4 Å². The largest absolute Gasteiger partial charge is 0.480 e.